The first-order valence-electron chi connectivity index (χ1n) is 4.91. The Balaban J connectivity index is 2.43. The number of rotatable bonds is 0. The normalized spacial score (nSPS) is 12.4. The summed E-state index contributed by atoms with van der Waals surface area (Å²) in [5.74, 6) is -0.000185. The molecular formula is C13H8ClNO. The highest BCUT2D eigenvalue weighted by Gasteiger charge is 2.28. The predicted octanol–water partition coefficient (Wildman–Crippen LogP) is 3.13. The molecule has 0 heterocycles. The predicted molar refractivity (Wildman–Crippen MR) is 64.7 cm³/mol. The quantitative estimate of drug-likeness (QED) is 0.602. The fourth-order valence-corrected chi connectivity index (χ4v) is 2.45. The number of carbonyl (C=O) groups is 1. The molecular weight excluding hydrogens is 222 g/mol. The third-order valence-corrected chi connectivity index (χ3v) is 3.10. The minimum absolute atomic E-state index is 0.000185. The second kappa shape index (κ2) is 3.09. The maximum atomic E-state index is 12.1. The Kier molecular flexibility index (Phi) is 1.82. The number of nitrogen functional groups attached to an aromatic ring is 1. The van der Waals surface area contributed by atoms with Gasteiger partial charge >= 0.3 is 0 Å². The van der Waals surface area contributed by atoms with E-state index in [-0.39, 0.29) is 5.78 Å². The molecule has 3 heteroatoms. The standard InChI is InChI=1S/C13H8ClNO/c14-11-6-7(15)5-10-12(11)8-3-1-2-4-9(8)13(10)16/h1-6H,15H2. The molecule has 1 aliphatic rings. The molecule has 0 saturated carbocycles. The van der Waals surface area contributed by atoms with E-state index in [1.807, 2.05) is 24.3 Å². The molecule has 2 N–H and O–H groups in total. The summed E-state index contributed by atoms with van der Waals surface area (Å²) in [6, 6.07) is 10.8. The zero-order valence-corrected chi connectivity index (χ0v) is 9.08. The van der Waals surface area contributed by atoms with Gasteiger partial charge in [0.15, 0.2) is 5.78 Å². The highest BCUT2D eigenvalue weighted by atomic mass is 35.5. The summed E-state index contributed by atoms with van der Waals surface area (Å²) in [7, 11) is 0. The van der Waals surface area contributed by atoms with Crippen molar-refractivity contribution in [2.75, 3.05) is 5.73 Å². The van der Waals surface area contributed by atoms with Crippen LogP contribution in [-0.2, 0) is 0 Å². The van der Waals surface area contributed by atoms with E-state index in [0.29, 0.717) is 21.8 Å². The van der Waals surface area contributed by atoms with Crippen molar-refractivity contribution in [2.24, 2.45) is 0 Å². The van der Waals surface area contributed by atoms with E-state index in [0.717, 1.165) is 11.1 Å². The SMILES string of the molecule is Nc1cc(Cl)c2c(c1)C(=O)c1ccccc1-2. The van der Waals surface area contributed by atoms with Crippen LogP contribution >= 0.6 is 11.6 Å². The molecule has 0 unspecified atom stereocenters. The van der Waals surface area contributed by atoms with Crippen molar-refractivity contribution in [2.45, 2.75) is 0 Å². The van der Waals surface area contributed by atoms with Gasteiger partial charge in [-0.05, 0) is 17.7 Å². The molecule has 0 radical (unpaired) electrons. The van der Waals surface area contributed by atoms with Crippen molar-refractivity contribution < 1.29 is 4.79 Å². The van der Waals surface area contributed by atoms with Gasteiger partial charge in [-0.3, -0.25) is 4.79 Å². The van der Waals surface area contributed by atoms with Crippen LogP contribution in [0.1, 0.15) is 15.9 Å². The molecule has 0 aliphatic heterocycles. The summed E-state index contributed by atoms with van der Waals surface area (Å²) in [6.07, 6.45) is 0. The highest BCUT2D eigenvalue weighted by Crippen LogP contribution is 2.41. The zero-order chi connectivity index (χ0) is 11.3. The van der Waals surface area contributed by atoms with Crippen molar-refractivity contribution in [3.05, 3.63) is 52.5 Å². The van der Waals surface area contributed by atoms with Crippen LogP contribution in [0.2, 0.25) is 5.02 Å². The lowest BCUT2D eigenvalue weighted by Gasteiger charge is -2.03. The number of nitrogens with two attached hydrogens (primary N) is 1. The molecule has 0 atom stereocenters. The molecule has 1 aliphatic carbocycles. The fraction of sp³-hybridized carbons (Fsp3) is 0. The Morgan fingerprint density at radius 3 is 2.44 bits per heavy atom. The van der Waals surface area contributed by atoms with Crippen molar-refractivity contribution in [1.29, 1.82) is 0 Å². The van der Waals surface area contributed by atoms with Crippen LogP contribution in [0.25, 0.3) is 11.1 Å². The number of halogens is 1. The topological polar surface area (TPSA) is 43.1 Å². The Bertz CT molecular complexity index is 619. The second-order valence-corrected chi connectivity index (χ2v) is 4.21. The van der Waals surface area contributed by atoms with Gasteiger partial charge in [-0.1, -0.05) is 35.9 Å². The molecule has 2 aromatic carbocycles. The number of benzene rings is 2. The first-order valence-corrected chi connectivity index (χ1v) is 5.29. The molecule has 16 heavy (non-hydrogen) atoms. The Hall–Kier alpha value is -1.80. The Morgan fingerprint density at radius 2 is 1.69 bits per heavy atom. The highest BCUT2D eigenvalue weighted by molar-refractivity contribution is 6.37. The van der Waals surface area contributed by atoms with E-state index in [4.69, 9.17) is 17.3 Å². The number of carbonyl (C=O) groups excluding carboxylic acids is 1. The number of anilines is 1. The summed E-state index contributed by atoms with van der Waals surface area (Å²) in [6.45, 7) is 0. The van der Waals surface area contributed by atoms with Crippen LogP contribution in [0, 0.1) is 0 Å². The van der Waals surface area contributed by atoms with Gasteiger partial charge in [0.25, 0.3) is 0 Å². The fourth-order valence-electron chi connectivity index (χ4n) is 2.12. The summed E-state index contributed by atoms with van der Waals surface area (Å²) >= 11 is 6.14. The van der Waals surface area contributed by atoms with Gasteiger partial charge in [-0.2, -0.15) is 0 Å². The van der Waals surface area contributed by atoms with E-state index in [1.165, 1.54) is 0 Å². The van der Waals surface area contributed by atoms with Crippen LogP contribution in [0.3, 0.4) is 0 Å². The van der Waals surface area contributed by atoms with Crippen molar-refractivity contribution in [3.63, 3.8) is 0 Å². The third kappa shape index (κ3) is 1.11. The zero-order valence-electron chi connectivity index (χ0n) is 8.33. The maximum absolute atomic E-state index is 12.1. The van der Waals surface area contributed by atoms with Gasteiger partial charge in [0.2, 0.25) is 0 Å². The first kappa shape index (κ1) is 9.43. The van der Waals surface area contributed by atoms with Gasteiger partial charge in [-0.25, -0.2) is 0 Å². The van der Waals surface area contributed by atoms with Crippen LogP contribution in [0.5, 0.6) is 0 Å². The number of fused-ring (bicyclic) bond motifs is 3. The molecule has 2 nitrogen and oxygen atoms in total. The van der Waals surface area contributed by atoms with E-state index in [9.17, 15) is 4.79 Å². The molecule has 0 fully saturated rings. The molecule has 0 bridgehead atoms. The van der Waals surface area contributed by atoms with Gasteiger partial charge in [0.05, 0.1) is 5.02 Å². The Morgan fingerprint density at radius 1 is 1.00 bits per heavy atom. The van der Waals surface area contributed by atoms with E-state index >= 15 is 0 Å². The summed E-state index contributed by atoms with van der Waals surface area (Å²) < 4.78 is 0. The van der Waals surface area contributed by atoms with Crippen LogP contribution in [0.15, 0.2) is 36.4 Å². The molecule has 3 rings (SSSR count). The average Bonchev–Trinajstić information content (AvgIpc) is 2.54. The smallest absolute Gasteiger partial charge is 0.194 e. The van der Waals surface area contributed by atoms with E-state index in [2.05, 4.69) is 0 Å². The van der Waals surface area contributed by atoms with E-state index < -0.39 is 0 Å². The van der Waals surface area contributed by atoms with Gasteiger partial charge in [-0.15, -0.1) is 0 Å². The monoisotopic (exact) mass is 229 g/mol. The second-order valence-electron chi connectivity index (χ2n) is 3.80. The van der Waals surface area contributed by atoms with Crippen LogP contribution < -0.4 is 5.73 Å². The summed E-state index contributed by atoms with van der Waals surface area (Å²) in [5.41, 5.74) is 9.21. The number of hydrogen-bond acceptors (Lipinski definition) is 2. The molecule has 78 valence electrons. The third-order valence-electron chi connectivity index (χ3n) is 2.80. The van der Waals surface area contributed by atoms with Crippen LogP contribution in [-0.4, -0.2) is 5.78 Å². The first-order chi connectivity index (χ1) is 7.68. The minimum Gasteiger partial charge on any atom is -0.399 e. The van der Waals surface area contributed by atoms with Crippen LogP contribution in [0.4, 0.5) is 5.69 Å². The van der Waals surface area contributed by atoms with Gasteiger partial charge in [0, 0.05) is 22.4 Å². The molecule has 0 amide bonds. The Labute approximate surface area is 97.7 Å². The molecule has 0 spiro atoms. The van der Waals surface area contributed by atoms with Gasteiger partial charge < -0.3 is 5.73 Å². The van der Waals surface area contributed by atoms with Gasteiger partial charge in [0.1, 0.15) is 0 Å². The van der Waals surface area contributed by atoms with Crippen molar-refractivity contribution >= 4 is 23.1 Å². The molecule has 0 saturated heterocycles. The number of hydrogen-bond donors (Lipinski definition) is 1. The minimum atomic E-state index is -0.000185. The molecule has 0 aromatic heterocycles. The van der Waals surface area contributed by atoms with E-state index in [1.54, 1.807) is 12.1 Å². The maximum Gasteiger partial charge on any atom is 0.194 e. The lowest BCUT2D eigenvalue weighted by Crippen LogP contribution is -1.96. The summed E-state index contributed by atoms with van der Waals surface area (Å²) in [4.78, 5) is 12.1. The summed E-state index contributed by atoms with van der Waals surface area (Å²) in [5, 5.41) is 0.535. The molecule has 2 aromatic rings. The lowest BCUT2D eigenvalue weighted by molar-refractivity contribution is 0.104. The lowest BCUT2D eigenvalue weighted by atomic mass is 10.1. The van der Waals surface area contributed by atoms with Crippen molar-refractivity contribution in [1.82, 2.24) is 0 Å². The average molecular weight is 230 g/mol. The van der Waals surface area contributed by atoms with Crippen molar-refractivity contribution in [3.8, 4) is 11.1 Å². The largest absolute Gasteiger partial charge is 0.399 e. The number of ketones is 1.